The Hall–Kier alpha value is -2.11. The maximum Gasteiger partial charge on any atom is 0.145 e. The number of ether oxygens (including phenoxy) is 2. The fourth-order valence-electron chi connectivity index (χ4n) is 3.82. The third-order valence-electron chi connectivity index (χ3n) is 5.62. The fraction of sp³-hybridized carbons (Fsp3) is 0.440. The fourth-order valence-corrected chi connectivity index (χ4v) is 4.62. The molecule has 2 aromatic carbocycles. The summed E-state index contributed by atoms with van der Waals surface area (Å²) in [4.78, 5) is 0. The van der Waals surface area contributed by atoms with Crippen molar-refractivity contribution in [2.24, 2.45) is 11.8 Å². The number of hydrogen-bond acceptors (Lipinski definition) is 5. The molecule has 6 heteroatoms. The van der Waals surface area contributed by atoms with Crippen LogP contribution in [0.1, 0.15) is 51.5 Å². The second-order valence-electron chi connectivity index (χ2n) is 8.68. The molecule has 1 aliphatic rings. The smallest absolute Gasteiger partial charge is 0.145 e. The Balaban J connectivity index is 1.80. The number of benzene rings is 2. The monoisotopic (exact) mass is 456 g/mol. The van der Waals surface area contributed by atoms with Gasteiger partial charge in [-0.05, 0) is 73.4 Å². The highest BCUT2D eigenvalue weighted by Gasteiger charge is 2.25. The number of allylic oxidation sites excluding steroid dienone is 1. The van der Waals surface area contributed by atoms with Crippen molar-refractivity contribution in [3.8, 4) is 16.9 Å². The molecular formula is C25H29ClN2O2S. The topological polar surface area (TPSA) is 44.2 Å². The summed E-state index contributed by atoms with van der Waals surface area (Å²) in [6, 6.07) is 10.3. The highest BCUT2D eigenvalue weighted by molar-refractivity contribution is 7.00. The molecule has 1 unspecified atom stereocenters. The minimum absolute atomic E-state index is 0.0679. The van der Waals surface area contributed by atoms with E-state index in [2.05, 4.69) is 47.4 Å². The van der Waals surface area contributed by atoms with Crippen LogP contribution in [0.15, 0.2) is 42.7 Å². The third kappa shape index (κ3) is 5.21. The summed E-state index contributed by atoms with van der Waals surface area (Å²) in [7, 11) is 0. The molecule has 0 aliphatic heterocycles. The minimum Gasteiger partial charge on any atom is -0.498 e. The van der Waals surface area contributed by atoms with Crippen LogP contribution in [-0.4, -0.2) is 22.0 Å². The van der Waals surface area contributed by atoms with E-state index in [9.17, 15) is 0 Å². The normalized spacial score (nSPS) is 14.7. The first-order valence-corrected chi connectivity index (χ1v) is 12.1. The molecule has 164 valence electrons. The van der Waals surface area contributed by atoms with Gasteiger partial charge >= 0.3 is 0 Å². The molecule has 4 nitrogen and oxygen atoms in total. The van der Waals surface area contributed by atoms with Crippen LogP contribution in [0.5, 0.6) is 5.75 Å². The van der Waals surface area contributed by atoms with Gasteiger partial charge in [-0.2, -0.15) is 8.75 Å². The number of halogens is 1. The van der Waals surface area contributed by atoms with Gasteiger partial charge in [0.15, 0.2) is 0 Å². The molecule has 1 heterocycles. The summed E-state index contributed by atoms with van der Waals surface area (Å²) in [6.07, 6.45) is 3.39. The minimum atomic E-state index is 0.0679. The summed E-state index contributed by atoms with van der Waals surface area (Å²) in [5, 5.41) is 0.628. The quantitative estimate of drug-likeness (QED) is 0.296. The molecule has 0 saturated heterocycles. The van der Waals surface area contributed by atoms with E-state index in [4.69, 9.17) is 21.1 Å². The molecule has 4 rings (SSSR count). The Morgan fingerprint density at radius 2 is 1.97 bits per heavy atom. The van der Waals surface area contributed by atoms with Gasteiger partial charge in [0.05, 0.1) is 35.7 Å². The number of rotatable bonds is 10. The Labute approximate surface area is 193 Å². The van der Waals surface area contributed by atoms with E-state index >= 15 is 0 Å². The highest BCUT2D eigenvalue weighted by atomic mass is 35.5. The van der Waals surface area contributed by atoms with Crippen LogP contribution in [0.25, 0.3) is 22.2 Å². The lowest BCUT2D eigenvalue weighted by molar-refractivity contribution is 0.203. The molecule has 1 aliphatic carbocycles. The van der Waals surface area contributed by atoms with E-state index in [-0.39, 0.29) is 5.92 Å². The highest BCUT2D eigenvalue weighted by Crippen LogP contribution is 2.43. The molecule has 0 spiro atoms. The van der Waals surface area contributed by atoms with E-state index in [1.54, 1.807) is 0 Å². The largest absolute Gasteiger partial charge is 0.498 e. The lowest BCUT2D eigenvalue weighted by atomic mass is 9.87. The lowest BCUT2D eigenvalue weighted by Gasteiger charge is -2.24. The molecule has 0 N–H and O–H groups in total. The second kappa shape index (κ2) is 9.58. The zero-order valence-corrected chi connectivity index (χ0v) is 19.9. The first-order valence-electron chi connectivity index (χ1n) is 11.0. The maximum absolute atomic E-state index is 6.83. The van der Waals surface area contributed by atoms with Crippen LogP contribution >= 0.6 is 23.3 Å². The van der Waals surface area contributed by atoms with Gasteiger partial charge in [-0.25, -0.2) is 0 Å². The van der Waals surface area contributed by atoms with Crippen molar-refractivity contribution in [3.05, 3.63) is 53.3 Å². The van der Waals surface area contributed by atoms with Crippen molar-refractivity contribution in [1.29, 1.82) is 0 Å². The van der Waals surface area contributed by atoms with Crippen molar-refractivity contribution in [3.63, 3.8) is 0 Å². The third-order valence-corrected chi connectivity index (χ3v) is 6.46. The van der Waals surface area contributed by atoms with Crippen LogP contribution in [0, 0.1) is 11.8 Å². The van der Waals surface area contributed by atoms with Gasteiger partial charge in [-0.15, -0.1) is 0 Å². The first-order chi connectivity index (χ1) is 15.0. The molecule has 0 bridgehead atoms. The molecule has 1 fully saturated rings. The van der Waals surface area contributed by atoms with Crippen molar-refractivity contribution in [1.82, 2.24) is 8.75 Å². The molecule has 1 saturated carbocycles. The number of aromatic nitrogens is 2. The molecule has 3 aromatic rings. The van der Waals surface area contributed by atoms with Crippen molar-refractivity contribution in [2.45, 2.75) is 46.0 Å². The Morgan fingerprint density at radius 3 is 2.68 bits per heavy atom. The van der Waals surface area contributed by atoms with Gasteiger partial charge in [-0.1, -0.05) is 38.1 Å². The van der Waals surface area contributed by atoms with Crippen LogP contribution < -0.4 is 4.74 Å². The van der Waals surface area contributed by atoms with Gasteiger partial charge in [0.2, 0.25) is 0 Å². The predicted molar refractivity (Wildman–Crippen MR) is 129 cm³/mol. The van der Waals surface area contributed by atoms with Gasteiger partial charge in [0, 0.05) is 11.5 Å². The second-order valence-corrected chi connectivity index (χ2v) is 9.62. The standard InChI is InChI=1S/C25H29ClN2O2S/c1-5-29-16(4)20(10-15(2)3)19-11-21(18-8-9-23-24(13-18)28-31-27-23)25(22(26)12-19)30-14-17-6-7-17/h8-9,11-13,15,17,20H,4-7,10,14H2,1-3H3. The predicted octanol–water partition coefficient (Wildman–Crippen LogP) is 7.48. The average Bonchev–Trinajstić information content (AvgIpc) is 3.44. The molecule has 0 radical (unpaired) electrons. The number of fused-ring (bicyclic) bond motifs is 1. The molecular weight excluding hydrogens is 428 g/mol. The van der Waals surface area contributed by atoms with E-state index in [1.807, 2.05) is 19.1 Å². The first kappa shape index (κ1) is 22.1. The van der Waals surface area contributed by atoms with Gasteiger partial charge in [0.1, 0.15) is 16.8 Å². The molecule has 0 amide bonds. The van der Waals surface area contributed by atoms with Gasteiger partial charge in [-0.3, -0.25) is 0 Å². The average molecular weight is 457 g/mol. The van der Waals surface area contributed by atoms with E-state index in [0.29, 0.717) is 30.1 Å². The van der Waals surface area contributed by atoms with Crippen LogP contribution in [-0.2, 0) is 4.74 Å². The summed E-state index contributed by atoms with van der Waals surface area (Å²) in [5.41, 5.74) is 4.90. The van der Waals surface area contributed by atoms with E-state index < -0.39 is 0 Å². The van der Waals surface area contributed by atoms with Crippen molar-refractivity contribution >= 4 is 34.4 Å². The van der Waals surface area contributed by atoms with Gasteiger partial charge < -0.3 is 9.47 Å². The van der Waals surface area contributed by atoms with E-state index in [1.165, 1.54) is 24.6 Å². The van der Waals surface area contributed by atoms with E-state index in [0.717, 1.165) is 45.7 Å². The summed E-state index contributed by atoms with van der Waals surface area (Å²) >= 11 is 8.05. The zero-order chi connectivity index (χ0) is 22.0. The molecule has 31 heavy (non-hydrogen) atoms. The Bertz CT molecular complexity index is 1070. The zero-order valence-electron chi connectivity index (χ0n) is 18.4. The summed E-state index contributed by atoms with van der Waals surface area (Å²) < 4.78 is 20.8. The van der Waals surface area contributed by atoms with Crippen LogP contribution in [0.3, 0.4) is 0 Å². The summed E-state index contributed by atoms with van der Waals surface area (Å²) in [6.45, 7) is 11.9. The Morgan fingerprint density at radius 1 is 1.19 bits per heavy atom. The number of hydrogen-bond donors (Lipinski definition) is 0. The molecule has 1 aromatic heterocycles. The molecule has 1 atom stereocenters. The van der Waals surface area contributed by atoms with Crippen LogP contribution in [0.4, 0.5) is 0 Å². The van der Waals surface area contributed by atoms with Crippen LogP contribution in [0.2, 0.25) is 5.02 Å². The van der Waals surface area contributed by atoms with Gasteiger partial charge in [0.25, 0.3) is 0 Å². The lowest BCUT2D eigenvalue weighted by Crippen LogP contribution is -2.10. The summed E-state index contributed by atoms with van der Waals surface area (Å²) in [5.74, 6) is 2.72. The van der Waals surface area contributed by atoms with Crippen molar-refractivity contribution in [2.75, 3.05) is 13.2 Å². The number of nitrogens with zero attached hydrogens (tertiary/aromatic N) is 2. The Kier molecular flexibility index (Phi) is 6.83. The van der Waals surface area contributed by atoms with Crippen molar-refractivity contribution < 1.29 is 9.47 Å². The maximum atomic E-state index is 6.83. The SMILES string of the molecule is C=C(OCC)C(CC(C)C)c1cc(Cl)c(OCC2CC2)c(-c2ccc3nsnc3c2)c1.